The zero-order valence-corrected chi connectivity index (χ0v) is 18.1. The first kappa shape index (κ1) is 22.2. The predicted octanol–water partition coefficient (Wildman–Crippen LogP) is 2.68. The molecule has 1 aliphatic heterocycles. The van der Waals surface area contributed by atoms with Crippen molar-refractivity contribution in [1.29, 1.82) is 0 Å². The molecule has 1 saturated heterocycles. The van der Waals surface area contributed by atoms with Crippen molar-refractivity contribution in [3.63, 3.8) is 0 Å². The summed E-state index contributed by atoms with van der Waals surface area (Å²) in [7, 11) is 0. The number of amides is 1. The zero-order valence-electron chi connectivity index (χ0n) is 18.1. The van der Waals surface area contributed by atoms with Crippen LogP contribution in [-0.4, -0.2) is 54.5 Å². The molecule has 0 radical (unpaired) electrons. The van der Waals surface area contributed by atoms with E-state index in [4.69, 9.17) is 4.99 Å². The van der Waals surface area contributed by atoms with Crippen LogP contribution in [-0.2, 0) is 4.79 Å². The topological polar surface area (TPSA) is 68.8 Å². The summed E-state index contributed by atoms with van der Waals surface area (Å²) in [5.41, 5.74) is 1.13. The predicted molar refractivity (Wildman–Crippen MR) is 116 cm³/mol. The largest absolute Gasteiger partial charge is 0.357 e. The van der Waals surface area contributed by atoms with E-state index < -0.39 is 0 Å². The summed E-state index contributed by atoms with van der Waals surface area (Å²) in [6, 6.07) is 11.0. The summed E-state index contributed by atoms with van der Waals surface area (Å²) < 4.78 is 0. The van der Waals surface area contributed by atoms with Gasteiger partial charge in [0.15, 0.2) is 5.96 Å². The molecule has 2 atom stereocenters. The smallest absolute Gasteiger partial charge is 0.222 e. The molecule has 0 aliphatic carbocycles. The Morgan fingerprint density at radius 2 is 2.00 bits per heavy atom. The van der Waals surface area contributed by atoms with Crippen LogP contribution < -0.4 is 16.0 Å². The van der Waals surface area contributed by atoms with Gasteiger partial charge in [0, 0.05) is 43.7 Å². The summed E-state index contributed by atoms with van der Waals surface area (Å²) >= 11 is 0. The van der Waals surface area contributed by atoms with E-state index in [-0.39, 0.29) is 23.5 Å². The van der Waals surface area contributed by atoms with Crippen molar-refractivity contribution < 1.29 is 4.79 Å². The summed E-state index contributed by atoms with van der Waals surface area (Å²) in [6.07, 6.45) is 1.53. The first-order chi connectivity index (χ1) is 13.3. The third kappa shape index (κ3) is 6.82. The molecule has 1 aliphatic rings. The number of hydrogen-bond donors (Lipinski definition) is 3. The standard InChI is InChI=1S/C22H37N5O/c1-6-20(28)27-14-13-19(15-27)25-21(23-7-2)24-16-22(4,5)26-17(3)18-11-9-8-10-12-18/h8-12,17,19,26H,6-7,13-16H2,1-5H3,(H2,23,24,25). The lowest BCUT2D eigenvalue weighted by Gasteiger charge is -2.29. The zero-order chi connectivity index (χ0) is 20.6. The van der Waals surface area contributed by atoms with Gasteiger partial charge in [-0.25, -0.2) is 0 Å². The Hall–Kier alpha value is -2.08. The van der Waals surface area contributed by atoms with Crippen molar-refractivity contribution in [2.45, 2.75) is 65.1 Å². The van der Waals surface area contributed by atoms with Gasteiger partial charge in [-0.2, -0.15) is 0 Å². The van der Waals surface area contributed by atoms with Gasteiger partial charge in [0.1, 0.15) is 0 Å². The molecule has 3 N–H and O–H groups in total. The lowest BCUT2D eigenvalue weighted by Crippen LogP contribution is -2.48. The molecule has 6 nitrogen and oxygen atoms in total. The quantitative estimate of drug-likeness (QED) is 0.474. The third-order valence-electron chi connectivity index (χ3n) is 5.07. The molecule has 28 heavy (non-hydrogen) atoms. The lowest BCUT2D eigenvalue weighted by atomic mass is 10.0. The van der Waals surface area contributed by atoms with E-state index in [0.717, 1.165) is 32.0 Å². The van der Waals surface area contributed by atoms with Crippen LogP contribution in [0.3, 0.4) is 0 Å². The van der Waals surface area contributed by atoms with Crippen LogP contribution in [0.1, 0.15) is 59.1 Å². The van der Waals surface area contributed by atoms with Gasteiger partial charge in [-0.15, -0.1) is 0 Å². The van der Waals surface area contributed by atoms with Gasteiger partial charge in [-0.05, 0) is 39.7 Å². The summed E-state index contributed by atoms with van der Waals surface area (Å²) in [6.45, 7) is 13.6. The van der Waals surface area contributed by atoms with Crippen LogP contribution in [0.4, 0.5) is 0 Å². The van der Waals surface area contributed by atoms with Crippen molar-refractivity contribution in [2.24, 2.45) is 4.99 Å². The molecule has 0 spiro atoms. The lowest BCUT2D eigenvalue weighted by molar-refractivity contribution is -0.129. The van der Waals surface area contributed by atoms with E-state index in [1.807, 2.05) is 17.9 Å². The molecule has 0 saturated carbocycles. The Bertz CT molecular complexity index is 644. The molecule has 1 amide bonds. The Kier molecular flexibility index (Phi) is 8.30. The highest BCUT2D eigenvalue weighted by Crippen LogP contribution is 2.16. The van der Waals surface area contributed by atoms with Gasteiger partial charge >= 0.3 is 0 Å². The van der Waals surface area contributed by atoms with E-state index in [1.165, 1.54) is 5.56 Å². The first-order valence-corrected chi connectivity index (χ1v) is 10.5. The van der Waals surface area contributed by atoms with Crippen LogP contribution in [0, 0.1) is 0 Å². The number of likely N-dealkylation sites (tertiary alicyclic amines) is 1. The minimum absolute atomic E-state index is 0.141. The van der Waals surface area contributed by atoms with E-state index in [0.29, 0.717) is 13.0 Å². The van der Waals surface area contributed by atoms with Crippen LogP contribution in [0.2, 0.25) is 0 Å². The second kappa shape index (κ2) is 10.5. The number of benzene rings is 1. The van der Waals surface area contributed by atoms with Crippen LogP contribution in [0.15, 0.2) is 35.3 Å². The Labute approximate surface area is 170 Å². The van der Waals surface area contributed by atoms with Crippen molar-refractivity contribution >= 4 is 11.9 Å². The second-order valence-corrected chi connectivity index (χ2v) is 8.18. The van der Waals surface area contributed by atoms with Gasteiger partial charge in [0.05, 0.1) is 6.54 Å². The van der Waals surface area contributed by atoms with E-state index >= 15 is 0 Å². The number of hydrogen-bond acceptors (Lipinski definition) is 3. The van der Waals surface area contributed by atoms with E-state index in [1.54, 1.807) is 0 Å². The van der Waals surface area contributed by atoms with Gasteiger partial charge in [0.2, 0.25) is 5.91 Å². The molecule has 1 aromatic carbocycles. The second-order valence-electron chi connectivity index (χ2n) is 8.18. The minimum atomic E-state index is -0.141. The normalized spacial score (nSPS) is 18.8. The molecule has 1 aromatic rings. The summed E-state index contributed by atoms with van der Waals surface area (Å²) in [4.78, 5) is 18.6. The fourth-order valence-corrected chi connectivity index (χ4v) is 3.58. The monoisotopic (exact) mass is 387 g/mol. The molecular weight excluding hydrogens is 350 g/mol. The highest BCUT2D eigenvalue weighted by Gasteiger charge is 2.26. The van der Waals surface area contributed by atoms with Crippen LogP contribution in [0.5, 0.6) is 0 Å². The molecule has 6 heteroatoms. The van der Waals surface area contributed by atoms with Crippen molar-refractivity contribution in [3.8, 4) is 0 Å². The number of guanidine groups is 1. The Morgan fingerprint density at radius 3 is 2.64 bits per heavy atom. The van der Waals surface area contributed by atoms with Crippen molar-refractivity contribution in [1.82, 2.24) is 20.9 Å². The van der Waals surface area contributed by atoms with Crippen molar-refractivity contribution in [3.05, 3.63) is 35.9 Å². The molecule has 2 rings (SSSR count). The molecular formula is C22H37N5O. The summed E-state index contributed by atoms with van der Waals surface area (Å²) in [5, 5.41) is 10.5. The summed E-state index contributed by atoms with van der Waals surface area (Å²) in [5.74, 6) is 1.05. The third-order valence-corrected chi connectivity index (χ3v) is 5.07. The molecule has 0 bridgehead atoms. The Morgan fingerprint density at radius 1 is 1.29 bits per heavy atom. The fraction of sp³-hybridized carbons (Fsp3) is 0.636. The average molecular weight is 388 g/mol. The molecule has 1 fully saturated rings. The number of carbonyl (C=O) groups is 1. The maximum Gasteiger partial charge on any atom is 0.222 e. The first-order valence-electron chi connectivity index (χ1n) is 10.5. The molecule has 2 unspecified atom stereocenters. The number of rotatable bonds is 8. The highest BCUT2D eigenvalue weighted by molar-refractivity contribution is 5.80. The van der Waals surface area contributed by atoms with Gasteiger partial charge in [-0.1, -0.05) is 37.3 Å². The van der Waals surface area contributed by atoms with Gasteiger partial charge < -0.3 is 20.9 Å². The SMILES string of the molecule is CCNC(=NCC(C)(C)NC(C)c1ccccc1)NC1CCN(C(=O)CC)C1. The van der Waals surface area contributed by atoms with Crippen LogP contribution in [0.25, 0.3) is 0 Å². The maximum atomic E-state index is 11.9. The molecule has 0 aromatic heterocycles. The molecule has 1 heterocycles. The maximum absolute atomic E-state index is 11.9. The van der Waals surface area contributed by atoms with Gasteiger partial charge in [0.25, 0.3) is 0 Å². The van der Waals surface area contributed by atoms with E-state index in [2.05, 4.69) is 67.9 Å². The average Bonchev–Trinajstić information content (AvgIpc) is 3.14. The number of carbonyl (C=O) groups excluding carboxylic acids is 1. The minimum Gasteiger partial charge on any atom is -0.357 e. The Balaban J connectivity index is 1.92. The highest BCUT2D eigenvalue weighted by atomic mass is 16.2. The van der Waals surface area contributed by atoms with Gasteiger partial charge in [-0.3, -0.25) is 9.79 Å². The molecule has 156 valence electrons. The fourth-order valence-electron chi connectivity index (χ4n) is 3.58. The van der Waals surface area contributed by atoms with Crippen molar-refractivity contribution in [2.75, 3.05) is 26.2 Å². The van der Waals surface area contributed by atoms with Crippen LogP contribution >= 0.6 is 0 Å². The number of aliphatic imine (C=N–C) groups is 1. The number of nitrogens with one attached hydrogen (secondary N) is 3. The number of nitrogens with zero attached hydrogens (tertiary/aromatic N) is 2. The van der Waals surface area contributed by atoms with E-state index in [9.17, 15) is 4.79 Å².